The Morgan fingerprint density at radius 2 is 1.54 bits per heavy atom. The summed E-state index contributed by atoms with van der Waals surface area (Å²) in [6, 6.07) is 27.7. The lowest BCUT2D eigenvalue weighted by atomic mass is 9.80. The molecule has 46 heavy (non-hydrogen) atoms. The molecular weight excluding hydrogens is 598 g/mol. The number of carboxylic acid groups (broad SMARTS) is 1. The molecule has 4 aromatic carbocycles. The highest BCUT2D eigenvalue weighted by molar-refractivity contribution is 7.98. The Balaban J connectivity index is 1.23. The van der Waals surface area contributed by atoms with Crippen LogP contribution in [0.1, 0.15) is 58.2 Å². The first-order valence-corrected chi connectivity index (χ1v) is 16.5. The van der Waals surface area contributed by atoms with E-state index in [9.17, 15) is 14.7 Å². The second-order valence-corrected chi connectivity index (χ2v) is 14.4. The number of carboxylic acids is 1. The fraction of sp³-hybridized carbons (Fsp3) is 0.316. The zero-order valence-electron chi connectivity index (χ0n) is 27.2. The maximum Gasteiger partial charge on any atom is 0.408 e. The SMILES string of the molecule is CC(C)(C)OC(=O)NC(CSCc1ccc(OCc2ccc(-c3cccc4c3oc3ccccc34)c(C(C)(C)C)c2)cc1)C(=O)O. The van der Waals surface area contributed by atoms with Gasteiger partial charge in [-0.3, -0.25) is 0 Å². The van der Waals surface area contributed by atoms with Gasteiger partial charge < -0.3 is 24.3 Å². The summed E-state index contributed by atoms with van der Waals surface area (Å²) in [6.07, 6.45) is -0.741. The van der Waals surface area contributed by atoms with Gasteiger partial charge in [0.15, 0.2) is 0 Å². The molecule has 1 unspecified atom stereocenters. The van der Waals surface area contributed by atoms with Gasteiger partial charge in [-0.25, -0.2) is 9.59 Å². The van der Waals surface area contributed by atoms with Crippen molar-refractivity contribution in [3.8, 4) is 16.9 Å². The summed E-state index contributed by atoms with van der Waals surface area (Å²) >= 11 is 1.43. The van der Waals surface area contributed by atoms with Gasteiger partial charge in [0.1, 0.15) is 35.2 Å². The highest BCUT2D eigenvalue weighted by atomic mass is 32.2. The van der Waals surface area contributed by atoms with Gasteiger partial charge in [0.25, 0.3) is 0 Å². The van der Waals surface area contributed by atoms with Gasteiger partial charge in [0.05, 0.1) is 0 Å². The second-order valence-electron chi connectivity index (χ2n) is 13.4. The molecular formula is C38H41NO6S. The van der Waals surface area contributed by atoms with Crippen LogP contribution in [0.15, 0.2) is 89.3 Å². The Morgan fingerprint density at radius 3 is 2.24 bits per heavy atom. The highest BCUT2D eigenvalue weighted by Gasteiger charge is 2.24. The van der Waals surface area contributed by atoms with E-state index in [0.717, 1.165) is 49.9 Å². The molecule has 0 fully saturated rings. The Labute approximate surface area is 274 Å². The van der Waals surface area contributed by atoms with Crippen LogP contribution < -0.4 is 10.1 Å². The number of furan rings is 1. The molecule has 8 heteroatoms. The number of carbonyl (C=O) groups excluding carboxylic acids is 1. The molecule has 1 atom stereocenters. The summed E-state index contributed by atoms with van der Waals surface area (Å²) in [6.45, 7) is 12.3. The molecule has 0 aliphatic rings. The number of hydrogen-bond donors (Lipinski definition) is 2. The average molecular weight is 640 g/mol. The number of para-hydroxylation sites is 2. The number of benzene rings is 4. The quantitative estimate of drug-likeness (QED) is 0.157. The van der Waals surface area contributed by atoms with Gasteiger partial charge in [-0.15, -0.1) is 0 Å². The molecule has 2 N–H and O–H groups in total. The van der Waals surface area contributed by atoms with Gasteiger partial charge in [-0.2, -0.15) is 11.8 Å². The van der Waals surface area contributed by atoms with Crippen LogP contribution in [0.4, 0.5) is 4.79 Å². The van der Waals surface area contributed by atoms with Gasteiger partial charge in [0.2, 0.25) is 0 Å². The summed E-state index contributed by atoms with van der Waals surface area (Å²) in [5.74, 6) is 0.451. The third kappa shape index (κ3) is 8.04. The number of nitrogens with one attached hydrogen (secondary N) is 1. The van der Waals surface area contributed by atoms with Crippen LogP contribution in [0.5, 0.6) is 5.75 Å². The number of amides is 1. The number of aliphatic carboxylic acids is 1. The normalized spacial score (nSPS) is 12.7. The van der Waals surface area contributed by atoms with E-state index in [0.29, 0.717) is 12.4 Å². The van der Waals surface area contributed by atoms with Crippen LogP contribution in [0, 0.1) is 0 Å². The number of alkyl carbamates (subject to hydrolysis) is 1. The van der Waals surface area contributed by atoms with Gasteiger partial charge in [-0.05, 0) is 66.6 Å². The van der Waals surface area contributed by atoms with E-state index in [4.69, 9.17) is 13.9 Å². The Morgan fingerprint density at radius 1 is 0.848 bits per heavy atom. The maximum atomic E-state index is 12.0. The maximum absolute atomic E-state index is 12.0. The molecule has 0 aliphatic carbocycles. The van der Waals surface area contributed by atoms with E-state index in [1.165, 1.54) is 17.3 Å². The summed E-state index contributed by atoms with van der Waals surface area (Å²) in [4.78, 5) is 23.6. The van der Waals surface area contributed by atoms with Crippen molar-refractivity contribution in [3.05, 3.63) is 102 Å². The summed E-state index contributed by atoms with van der Waals surface area (Å²) in [5, 5.41) is 14.2. The third-order valence-electron chi connectivity index (χ3n) is 7.46. The van der Waals surface area contributed by atoms with E-state index in [1.54, 1.807) is 20.8 Å². The minimum Gasteiger partial charge on any atom is -0.489 e. The van der Waals surface area contributed by atoms with E-state index in [1.807, 2.05) is 42.5 Å². The van der Waals surface area contributed by atoms with Crippen molar-refractivity contribution in [1.82, 2.24) is 5.32 Å². The van der Waals surface area contributed by atoms with Crippen molar-refractivity contribution in [2.45, 2.75) is 71.0 Å². The van der Waals surface area contributed by atoms with Crippen LogP contribution in [-0.4, -0.2) is 34.6 Å². The number of rotatable bonds is 10. The van der Waals surface area contributed by atoms with E-state index < -0.39 is 23.7 Å². The van der Waals surface area contributed by atoms with Crippen molar-refractivity contribution in [3.63, 3.8) is 0 Å². The van der Waals surface area contributed by atoms with E-state index in [-0.39, 0.29) is 11.2 Å². The van der Waals surface area contributed by atoms with Crippen LogP contribution in [-0.2, 0) is 27.3 Å². The van der Waals surface area contributed by atoms with Crippen molar-refractivity contribution in [2.75, 3.05) is 5.75 Å². The molecule has 5 aromatic rings. The van der Waals surface area contributed by atoms with E-state index in [2.05, 4.69) is 68.6 Å². The minimum absolute atomic E-state index is 0.110. The first kappa shape index (κ1) is 32.9. The molecule has 0 spiro atoms. The molecule has 0 radical (unpaired) electrons. The Kier molecular flexibility index (Phi) is 9.68. The average Bonchev–Trinajstić information content (AvgIpc) is 3.38. The van der Waals surface area contributed by atoms with Crippen molar-refractivity contribution < 1.29 is 28.6 Å². The van der Waals surface area contributed by atoms with Gasteiger partial charge >= 0.3 is 12.1 Å². The van der Waals surface area contributed by atoms with Crippen LogP contribution >= 0.6 is 11.8 Å². The van der Waals surface area contributed by atoms with Gasteiger partial charge in [0, 0.05) is 27.8 Å². The third-order valence-corrected chi connectivity index (χ3v) is 8.56. The smallest absolute Gasteiger partial charge is 0.408 e. The van der Waals surface area contributed by atoms with Crippen molar-refractivity contribution >= 4 is 45.8 Å². The number of thioether (sulfide) groups is 1. The summed E-state index contributed by atoms with van der Waals surface area (Å²) < 4.78 is 17.7. The fourth-order valence-corrected chi connectivity index (χ4v) is 6.27. The summed E-state index contributed by atoms with van der Waals surface area (Å²) in [7, 11) is 0. The topological polar surface area (TPSA) is 98.0 Å². The summed E-state index contributed by atoms with van der Waals surface area (Å²) in [5.41, 5.74) is 6.51. The molecule has 0 aliphatic heterocycles. The fourth-order valence-electron chi connectivity index (χ4n) is 5.26. The first-order valence-electron chi connectivity index (χ1n) is 15.3. The molecule has 0 saturated carbocycles. The van der Waals surface area contributed by atoms with E-state index >= 15 is 0 Å². The number of carbonyl (C=O) groups is 2. The zero-order valence-corrected chi connectivity index (χ0v) is 28.0. The second kappa shape index (κ2) is 13.5. The highest BCUT2D eigenvalue weighted by Crippen LogP contribution is 2.40. The zero-order chi connectivity index (χ0) is 33.1. The molecule has 0 saturated heterocycles. The minimum atomic E-state index is -1.10. The van der Waals surface area contributed by atoms with Crippen molar-refractivity contribution in [2.24, 2.45) is 0 Å². The number of ether oxygens (including phenoxy) is 2. The lowest BCUT2D eigenvalue weighted by Gasteiger charge is -2.24. The van der Waals surface area contributed by atoms with Gasteiger partial charge in [-0.1, -0.05) is 87.5 Å². The standard InChI is InChI=1S/C38H41NO6S/c1-37(2,3)31-20-25(16-19-27(31)29-11-9-12-30-28-10-7-8-13-33(28)44-34(29)30)21-43-26-17-14-24(15-18-26)22-46-23-32(35(40)41)39-36(42)45-38(4,5)6/h7-20,32H,21-23H2,1-6H3,(H,39,42)(H,40,41). The molecule has 240 valence electrons. The monoisotopic (exact) mass is 639 g/mol. The molecule has 5 rings (SSSR count). The number of hydrogen-bond acceptors (Lipinski definition) is 6. The molecule has 7 nitrogen and oxygen atoms in total. The van der Waals surface area contributed by atoms with Crippen LogP contribution in [0.3, 0.4) is 0 Å². The lowest BCUT2D eigenvalue weighted by molar-refractivity contribution is -0.138. The van der Waals surface area contributed by atoms with Crippen LogP contribution in [0.2, 0.25) is 0 Å². The predicted octanol–water partition coefficient (Wildman–Crippen LogP) is 9.34. The Hall–Kier alpha value is -4.43. The molecule has 1 amide bonds. The van der Waals surface area contributed by atoms with Crippen molar-refractivity contribution in [1.29, 1.82) is 0 Å². The Bertz CT molecular complexity index is 1850. The lowest BCUT2D eigenvalue weighted by Crippen LogP contribution is -2.44. The largest absolute Gasteiger partial charge is 0.489 e. The molecule has 1 aromatic heterocycles. The first-order chi connectivity index (χ1) is 21.8. The number of fused-ring (bicyclic) bond motifs is 3. The van der Waals surface area contributed by atoms with Crippen LogP contribution in [0.25, 0.3) is 33.1 Å². The molecule has 0 bridgehead atoms. The molecule has 1 heterocycles. The predicted molar refractivity (Wildman–Crippen MR) is 186 cm³/mol.